The Morgan fingerprint density at radius 3 is 1.58 bits per heavy atom. The first kappa shape index (κ1) is 61.1. The van der Waals surface area contributed by atoms with E-state index in [1.165, 1.54) is 12.8 Å². The second-order valence-electron chi connectivity index (χ2n) is 2.88. The Balaban J connectivity index is -0.0000000179. The van der Waals surface area contributed by atoms with Crippen molar-refractivity contribution in [3.05, 3.63) is 6.92 Å². The molecule has 19 heavy (non-hydrogen) atoms. The van der Waals surface area contributed by atoms with E-state index in [0.717, 1.165) is 19.3 Å². The van der Waals surface area contributed by atoms with Crippen LogP contribution in [0.2, 0.25) is 0 Å². The summed E-state index contributed by atoms with van der Waals surface area (Å²) in [5, 5.41) is 8.48. The summed E-state index contributed by atoms with van der Waals surface area (Å²) in [6.07, 6.45) is 5.24. The van der Waals surface area contributed by atoms with Crippen LogP contribution in [-0.4, -0.2) is 79.0 Å². The number of aliphatic carboxylic acids is 1. The minimum absolute atomic E-state index is 0. The van der Waals surface area contributed by atoms with Crippen LogP contribution in [0.25, 0.3) is 0 Å². The molecule has 0 fully saturated rings. The SMILES string of the molecule is O.O.O.O.O.O.O.[CH2]C(CCCCCC)C(=O)O.[NaH]. The molecule has 123 valence electrons. The molecule has 0 aromatic carbocycles. The Morgan fingerprint density at radius 1 is 0.947 bits per heavy atom. The van der Waals surface area contributed by atoms with Crippen LogP contribution in [-0.2, 0) is 4.79 Å². The van der Waals surface area contributed by atoms with E-state index in [9.17, 15) is 4.79 Å². The number of rotatable bonds is 6. The quantitative estimate of drug-likeness (QED) is 0.380. The van der Waals surface area contributed by atoms with Gasteiger partial charge in [-0.15, -0.1) is 0 Å². The fourth-order valence-electron chi connectivity index (χ4n) is 0.941. The van der Waals surface area contributed by atoms with Crippen molar-refractivity contribution in [1.29, 1.82) is 0 Å². The zero-order valence-electron chi connectivity index (χ0n) is 10.7. The summed E-state index contributed by atoms with van der Waals surface area (Å²) in [4.78, 5) is 10.3. The van der Waals surface area contributed by atoms with E-state index >= 15 is 0 Å². The minimum atomic E-state index is -0.776. The Hall–Kier alpha value is 0.190. The van der Waals surface area contributed by atoms with Gasteiger partial charge in [-0.2, -0.15) is 0 Å². The van der Waals surface area contributed by atoms with Gasteiger partial charge in [0.15, 0.2) is 0 Å². The Morgan fingerprint density at radius 2 is 1.32 bits per heavy atom. The van der Waals surface area contributed by atoms with Crippen molar-refractivity contribution in [2.24, 2.45) is 5.92 Å². The Kier molecular flexibility index (Phi) is 138. The summed E-state index contributed by atoms with van der Waals surface area (Å²) < 4.78 is 0. The second-order valence-corrected chi connectivity index (χ2v) is 2.88. The molecule has 0 saturated carbocycles. The monoisotopic (exact) mass is 307 g/mol. The van der Waals surface area contributed by atoms with Crippen molar-refractivity contribution in [1.82, 2.24) is 0 Å². The average Bonchev–Trinajstić information content (AvgIpc) is 1.97. The predicted octanol–water partition coefficient (Wildman–Crippen LogP) is -3.93. The van der Waals surface area contributed by atoms with Crippen molar-refractivity contribution < 1.29 is 48.2 Å². The number of carbonyl (C=O) groups is 1. The number of carboxylic acid groups (broad SMARTS) is 1. The van der Waals surface area contributed by atoms with Crippen molar-refractivity contribution in [3.63, 3.8) is 0 Å². The first-order valence-corrected chi connectivity index (χ1v) is 4.24. The van der Waals surface area contributed by atoms with Gasteiger partial charge >= 0.3 is 35.5 Å². The molecule has 0 spiro atoms. The van der Waals surface area contributed by atoms with E-state index in [-0.39, 0.29) is 67.9 Å². The van der Waals surface area contributed by atoms with Crippen LogP contribution in [0, 0.1) is 12.8 Å². The molecule has 0 heterocycles. The van der Waals surface area contributed by atoms with Crippen molar-refractivity contribution in [2.45, 2.75) is 39.0 Å². The van der Waals surface area contributed by atoms with Gasteiger partial charge in [-0.1, -0.05) is 32.6 Å². The first-order valence-electron chi connectivity index (χ1n) is 4.24. The molecule has 0 aliphatic carbocycles. The molecule has 1 atom stereocenters. The standard InChI is InChI=1S/C9H17O2.Na.7H2O.H/c1-3-4-5-6-7-8(2)9(10)11;;;;;;;;;/h8H,2-7H2,1H3,(H,10,11);;7*1H2;. The molecule has 0 aromatic heterocycles. The van der Waals surface area contributed by atoms with Gasteiger partial charge in [0.25, 0.3) is 0 Å². The topological polar surface area (TPSA) is 258 Å². The van der Waals surface area contributed by atoms with Crippen LogP contribution < -0.4 is 0 Å². The zero-order chi connectivity index (χ0) is 8.69. The third-order valence-corrected chi connectivity index (χ3v) is 1.76. The van der Waals surface area contributed by atoms with Gasteiger partial charge in [-0.3, -0.25) is 4.79 Å². The van der Waals surface area contributed by atoms with Crippen molar-refractivity contribution >= 4 is 35.5 Å². The second kappa shape index (κ2) is 42.9. The van der Waals surface area contributed by atoms with Crippen LogP contribution in [0.15, 0.2) is 0 Å². The summed E-state index contributed by atoms with van der Waals surface area (Å²) >= 11 is 0. The third-order valence-electron chi connectivity index (χ3n) is 1.76. The fourth-order valence-corrected chi connectivity index (χ4v) is 0.941. The average molecular weight is 307 g/mol. The van der Waals surface area contributed by atoms with Crippen LogP contribution in [0.1, 0.15) is 39.0 Å². The van der Waals surface area contributed by atoms with Crippen LogP contribution >= 0.6 is 0 Å². The molecular formula is C9H32NaO9. The predicted molar refractivity (Wildman–Crippen MR) is 77.7 cm³/mol. The molecule has 0 bridgehead atoms. The van der Waals surface area contributed by atoms with E-state index in [1.54, 1.807) is 0 Å². The normalized spacial score (nSPS) is 7.47. The number of hydrogen-bond donors (Lipinski definition) is 1. The molecule has 10 heteroatoms. The first-order chi connectivity index (χ1) is 5.18. The van der Waals surface area contributed by atoms with E-state index in [2.05, 4.69) is 13.8 Å². The van der Waals surface area contributed by atoms with E-state index in [1.807, 2.05) is 0 Å². The number of carboxylic acids is 1. The molecule has 1 unspecified atom stereocenters. The van der Waals surface area contributed by atoms with E-state index < -0.39 is 11.9 Å². The fraction of sp³-hybridized carbons (Fsp3) is 0.778. The number of hydrogen-bond acceptors (Lipinski definition) is 1. The summed E-state index contributed by atoms with van der Waals surface area (Å²) in [5.74, 6) is -1.19. The Labute approximate surface area is 135 Å². The summed E-state index contributed by atoms with van der Waals surface area (Å²) in [7, 11) is 0. The van der Waals surface area contributed by atoms with Crippen LogP contribution in [0.5, 0.6) is 0 Å². The van der Waals surface area contributed by atoms with Gasteiger partial charge in [0, 0.05) is 0 Å². The molecule has 0 aromatic rings. The zero-order valence-corrected chi connectivity index (χ0v) is 10.7. The molecule has 0 aliphatic rings. The maximum absolute atomic E-state index is 10.3. The van der Waals surface area contributed by atoms with Crippen LogP contribution in [0.3, 0.4) is 0 Å². The van der Waals surface area contributed by atoms with Gasteiger partial charge in [0.1, 0.15) is 0 Å². The summed E-state index contributed by atoms with van der Waals surface area (Å²) in [6, 6.07) is 0. The summed E-state index contributed by atoms with van der Waals surface area (Å²) in [6.45, 7) is 5.67. The maximum atomic E-state index is 10.3. The van der Waals surface area contributed by atoms with Gasteiger partial charge in [-0.05, 0) is 13.3 Å². The van der Waals surface area contributed by atoms with Crippen LogP contribution in [0.4, 0.5) is 0 Å². The van der Waals surface area contributed by atoms with E-state index in [4.69, 9.17) is 5.11 Å². The molecule has 0 aliphatic heterocycles. The van der Waals surface area contributed by atoms with Gasteiger partial charge in [0.05, 0.1) is 5.92 Å². The van der Waals surface area contributed by atoms with Crippen molar-refractivity contribution in [2.75, 3.05) is 0 Å². The third kappa shape index (κ3) is 45.9. The summed E-state index contributed by atoms with van der Waals surface area (Å²) in [5.41, 5.74) is 0. The van der Waals surface area contributed by atoms with Gasteiger partial charge in [0.2, 0.25) is 0 Å². The van der Waals surface area contributed by atoms with E-state index in [0.29, 0.717) is 0 Å². The molecule has 0 amide bonds. The molecule has 15 N–H and O–H groups in total. The molecular weight excluding hydrogens is 275 g/mol. The van der Waals surface area contributed by atoms with Crippen molar-refractivity contribution in [3.8, 4) is 0 Å². The molecule has 0 rings (SSSR count). The van der Waals surface area contributed by atoms with Gasteiger partial charge in [-0.25, -0.2) is 0 Å². The molecule has 1 radical (unpaired) electrons. The Bertz CT molecular complexity index is 126. The molecule has 0 saturated heterocycles. The van der Waals surface area contributed by atoms with Gasteiger partial charge < -0.3 is 43.4 Å². The number of unbranched alkanes of at least 4 members (excludes halogenated alkanes) is 3. The molecule has 9 nitrogen and oxygen atoms in total.